The summed E-state index contributed by atoms with van der Waals surface area (Å²) in [6.45, 7) is 12.4. The Morgan fingerprint density at radius 1 is 0.885 bits per heavy atom. The fraction of sp³-hybridized carbons (Fsp3) is 0.409. The van der Waals surface area contributed by atoms with Crippen molar-refractivity contribution in [2.45, 2.75) is 27.7 Å². The number of ketones is 1. The fourth-order valence-electron chi connectivity index (χ4n) is 3.62. The quantitative estimate of drug-likeness (QED) is 0.736. The molecule has 3 nitrogen and oxygen atoms in total. The number of anilines is 1. The monoisotopic (exact) mass is 370 g/mol. The SMILES string of the molecule is Cc1cc(C)c(C(=O)CN2CCN(c3cc(Cl)ccc3C)CC2)cc1C. The van der Waals surface area contributed by atoms with Crippen LogP contribution in [0.1, 0.15) is 32.6 Å². The van der Waals surface area contributed by atoms with Gasteiger partial charge < -0.3 is 4.90 Å². The van der Waals surface area contributed by atoms with Crippen LogP contribution in [0, 0.1) is 27.7 Å². The number of aryl methyl sites for hydroxylation is 4. The highest BCUT2D eigenvalue weighted by Gasteiger charge is 2.21. The minimum absolute atomic E-state index is 0.220. The van der Waals surface area contributed by atoms with Crippen LogP contribution in [-0.4, -0.2) is 43.4 Å². The lowest BCUT2D eigenvalue weighted by atomic mass is 9.98. The molecule has 0 bridgehead atoms. The number of benzene rings is 2. The molecule has 0 spiro atoms. The number of carbonyl (C=O) groups is 1. The molecule has 0 unspecified atom stereocenters. The highest BCUT2D eigenvalue weighted by Crippen LogP contribution is 2.25. The topological polar surface area (TPSA) is 23.6 Å². The predicted molar refractivity (Wildman–Crippen MR) is 110 cm³/mol. The molecular weight excluding hydrogens is 344 g/mol. The van der Waals surface area contributed by atoms with Crippen molar-refractivity contribution < 1.29 is 4.79 Å². The second-order valence-electron chi connectivity index (χ2n) is 7.37. The fourth-order valence-corrected chi connectivity index (χ4v) is 3.79. The van der Waals surface area contributed by atoms with E-state index in [4.69, 9.17) is 11.6 Å². The zero-order chi connectivity index (χ0) is 18.8. The van der Waals surface area contributed by atoms with Crippen LogP contribution < -0.4 is 4.90 Å². The molecule has 2 aromatic carbocycles. The Morgan fingerprint density at radius 3 is 2.23 bits per heavy atom. The first kappa shape index (κ1) is 18.9. The number of Topliss-reactive ketones (excluding diaryl/α,β-unsaturated/α-hetero) is 1. The standard InChI is InChI=1S/C22H27ClN2O/c1-15-5-6-19(23)13-21(15)25-9-7-24(8-10-25)14-22(26)20-12-17(3)16(2)11-18(20)4/h5-6,11-13H,7-10,14H2,1-4H3. The third kappa shape index (κ3) is 4.11. The maximum atomic E-state index is 12.8. The minimum Gasteiger partial charge on any atom is -0.369 e. The van der Waals surface area contributed by atoms with E-state index in [1.807, 2.05) is 25.1 Å². The van der Waals surface area contributed by atoms with Gasteiger partial charge in [-0.2, -0.15) is 0 Å². The molecule has 1 aliphatic rings. The molecule has 1 fully saturated rings. The van der Waals surface area contributed by atoms with Gasteiger partial charge in [-0.15, -0.1) is 0 Å². The van der Waals surface area contributed by atoms with Crippen LogP contribution in [0.25, 0.3) is 0 Å². The first-order chi connectivity index (χ1) is 12.3. The van der Waals surface area contributed by atoms with Gasteiger partial charge in [0, 0.05) is 42.5 Å². The van der Waals surface area contributed by atoms with Gasteiger partial charge in [0.05, 0.1) is 6.54 Å². The van der Waals surface area contributed by atoms with Crippen LogP contribution >= 0.6 is 11.6 Å². The Labute approximate surface area is 161 Å². The molecule has 3 rings (SSSR count). The summed E-state index contributed by atoms with van der Waals surface area (Å²) in [5, 5.41) is 0.772. The lowest BCUT2D eigenvalue weighted by molar-refractivity contribution is 0.0925. The minimum atomic E-state index is 0.220. The number of nitrogens with zero attached hydrogens (tertiary/aromatic N) is 2. The first-order valence-corrected chi connectivity index (χ1v) is 9.57. The molecular formula is C22H27ClN2O. The third-order valence-electron chi connectivity index (χ3n) is 5.39. The van der Waals surface area contributed by atoms with Crippen molar-refractivity contribution in [1.82, 2.24) is 4.90 Å². The first-order valence-electron chi connectivity index (χ1n) is 9.19. The van der Waals surface area contributed by atoms with Gasteiger partial charge in [0.15, 0.2) is 5.78 Å². The van der Waals surface area contributed by atoms with Gasteiger partial charge in [-0.1, -0.05) is 23.7 Å². The van der Waals surface area contributed by atoms with E-state index >= 15 is 0 Å². The van der Waals surface area contributed by atoms with Gasteiger partial charge in [0.1, 0.15) is 0 Å². The number of hydrogen-bond acceptors (Lipinski definition) is 3. The molecule has 0 amide bonds. The number of carbonyl (C=O) groups excluding carboxylic acids is 1. The molecule has 0 N–H and O–H groups in total. The van der Waals surface area contributed by atoms with Crippen molar-refractivity contribution in [3.8, 4) is 0 Å². The molecule has 2 aromatic rings. The van der Waals surface area contributed by atoms with Crippen LogP contribution in [0.3, 0.4) is 0 Å². The zero-order valence-electron chi connectivity index (χ0n) is 16.1. The average molecular weight is 371 g/mol. The summed E-state index contributed by atoms with van der Waals surface area (Å²) in [6, 6.07) is 10.2. The van der Waals surface area contributed by atoms with E-state index in [0.29, 0.717) is 6.54 Å². The Morgan fingerprint density at radius 2 is 1.54 bits per heavy atom. The lowest BCUT2D eigenvalue weighted by Gasteiger charge is -2.36. The molecule has 4 heteroatoms. The maximum Gasteiger partial charge on any atom is 0.177 e. The van der Waals surface area contributed by atoms with Gasteiger partial charge in [0.2, 0.25) is 0 Å². The summed E-state index contributed by atoms with van der Waals surface area (Å²) in [5.41, 5.74) is 6.80. The molecule has 138 valence electrons. The molecule has 1 heterocycles. The van der Waals surface area contributed by atoms with Gasteiger partial charge in [-0.05, 0) is 68.1 Å². The highest BCUT2D eigenvalue weighted by atomic mass is 35.5. The van der Waals surface area contributed by atoms with Crippen LogP contribution in [0.4, 0.5) is 5.69 Å². The number of piperazine rings is 1. The summed E-state index contributed by atoms with van der Waals surface area (Å²) in [5.74, 6) is 0.220. The van der Waals surface area contributed by atoms with Gasteiger partial charge >= 0.3 is 0 Å². The Balaban J connectivity index is 1.63. The van der Waals surface area contributed by atoms with E-state index in [2.05, 4.69) is 42.7 Å². The predicted octanol–water partition coefficient (Wildman–Crippen LogP) is 4.58. The lowest BCUT2D eigenvalue weighted by Crippen LogP contribution is -2.48. The summed E-state index contributed by atoms with van der Waals surface area (Å²) in [6.07, 6.45) is 0. The van der Waals surface area contributed by atoms with Crippen molar-refractivity contribution in [3.63, 3.8) is 0 Å². The molecule has 26 heavy (non-hydrogen) atoms. The van der Waals surface area contributed by atoms with E-state index in [-0.39, 0.29) is 5.78 Å². The average Bonchev–Trinajstić information content (AvgIpc) is 2.61. The van der Waals surface area contributed by atoms with Crippen molar-refractivity contribution >= 4 is 23.1 Å². The summed E-state index contributed by atoms with van der Waals surface area (Å²) < 4.78 is 0. The molecule has 0 atom stereocenters. The van der Waals surface area contributed by atoms with Gasteiger partial charge in [0.25, 0.3) is 0 Å². The Hall–Kier alpha value is -1.84. The summed E-state index contributed by atoms with van der Waals surface area (Å²) in [4.78, 5) is 17.4. The van der Waals surface area contributed by atoms with Crippen LogP contribution in [0.2, 0.25) is 5.02 Å². The number of halogens is 1. The van der Waals surface area contributed by atoms with Crippen molar-refractivity contribution in [2.75, 3.05) is 37.6 Å². The molecule has 1 aliphatic heterocycles. The van der Waals surface area contributed by atoms with E-state index in [9.17, 15) is 4.79 Å². The van der Waals surface area contributed by atoms with E-state index in [0.717, 1.165) is 42.3 Å². The molecule has 0 aromatic heterocycles. The normalized spacial score (nSPS) is 15.3. The highest BCUT2D eigenvalue weighted by molar-refractivity contribution is 6.30. The Bertz CT molecular complexity index is 823. The van der Waals surface area contributed by atoms with E-state index < -0.39 is 0 Å². The van der Waals surface area contributed by atoms with Crippen molar-refractivity contribution in [3.05, 3.63) is 63.2 Å². The second kappa shape index (κ2) is 7.81. The maximum absolute atomic E-state index is 12.8. The number of rotatable bonds is 4. The zero-order valence-corrected chi connectivity index (χ0v) is 16.9. The second-order valence-corrected chi connectivity index (χ2v) is 7.81. The third-order valence-corrected chi connectivity index (χ3v) is 5.63. The molecule has 0 aliphatic carbocycles. The van der Waals surface area contributed by atoms with Gasteiger partial charge in [-0.3, -0.25) is 9.69 Å². The summed E-state index contributed by atoms with van der Waals surface area (Å²) in [7, 11) is 0. The molecule has 0 saturated carbocycles. The number of hydrogen-bond donors (Lipinski definition) is 0. The van der Waals surface area contributed by atoms with Crippen LogP contribution in [0.5, 0.6) is 0 Å². The van der Waals surface area contributed by atoms with Crippen molar-refractivity contribution in [2.24, 2.45) is 0 Å². The van der Waals surface area contributed by atoms with Crippen LogP contribution in [0.15, 0.2) is 30.3 Å². The smallest absolute Gasteiger partial charge is 0.177 e. The largest absolute Gasteiger partial charge is 0.369 e. The van der Waals surface area contributed by atoms with E-state index in [1.54, 1.807) is 0 Å². The van der Waals surface area contributed by atoms with Crippen molar-refractivity contribution in [1.29, 1.82) is 0 Å². The Kier molecular flexibility index (Phi) is 5.69. The molecule has 0 radical (unpaired) electrons. The molecule has 1 saturated heterocycles. The summed E-state index contributed by atoms with van der Waals surface area (Å²) >= 11 is 6.16. The van der Waals surface area contributed by atoms with Crippen LogP contribution in [-0.2, 0) is 0 Å². The van der Waals surface area contributed by atoms with Gasteiger partial charge in [-0.25, -0.2) is 0 Å². The van der Waals surface area contributed by atoms with E-state index in [1.165, 1.54) is 22.4 Å².